The highest BCUT2D eigenvalue weighted by molar-refractivity contribution is 7.92. The van der Waals surface area contributed by atoms with Crippen LogP contribution in [0.3, 0.4) is 0 Å². The maximum Gasteiger partial charge on any atom is 0.261 e. The fourth-order valence-electron chi connectivity index (χ4n) is 2.64. The van der Waals surface area contributed by atoms with Crippen molar-refractivity contribution in [2.45, 2.75) is 11.8 Å². The Morgan fingerprint density at radius 3 is 2.42 bits per heavy atom. The van der Waals surface area contributed by atoms with Gasteiger partial charge >= 0.3 is 0 Å². The first-order valence-electron chi connectivity index (χ1n) is 9.48. The molecule has 9 heteroatoms. The maximum absolute atomic E-state index is 12.5. The molecular formula is C22H23N3O5S. The first-order chi connectivity index (χ1) is 14.9. The Labute approximate surface area is 181 Å². The zero-order valence-electron chi connectivity index (χ0n) is 17.2. The van der Waals surface area contributed by atoms with Gasteiger partial charge in [0.05, 0.1) is 11.5 Å². The Balaban J connectivity index is 1.70. The van der Waals surface area contributed by atoms with Crippen molar-refractivity contribution in [3.05, 3.63) is 78.0 Å². The zero-order valence-corrected chi connectivity index (χ0v) is 18.0. The van der Waals surface area contributed by atoms with Crippen LogP contribution in [0.1, 0.15) is 15.9 Å². The molecule has 0 unspecified atom stereocenters. The largest absolute Gasteiger partial charge is 0.438 e. The fourth-order valence-corrected chi connectivity index (χ4v) is 3.70. The summed E-state index contributed by atoms with van der Waals surface area (Å²) in [5.41, 5.74) is 1.64. The maximum atomic E-state index is 12.5. The van der Waals surface area contributed by atoms with E-state index >= 15 is 0 Å². The van der Waals surface area contributed by atoms with E-state index in [9.17, 15) is 13.2 Å². The van der Waals surface area contributed by atoms with Crippen molar-refractivity contribution in [3.63, 3.8) is 0 Å². The van der Waals surface area contributed by atoms with Crippen LogP contribution in [0.4, 0.5) is 5.69 Å². The van der Waals surface area contributed by atoms with Gasteiger partial charge in [0.25, 0.3) is 15.9 Å². The van der Waals surface area contributed by atoms with E-state index in [0.29, 0.717) is 24.6 Å². The lowest BCUT2D eigenvalue weighted by Crippen LogP contribution is -2.27. The highest BCUT2D eigenvalue weighted by Crippen LogP contribution is 2.25. The third-order valence-corrected chi connectivity index (χ3v) is 5.66. The molecule has 0 fully saturated rings. The van der Waals surface area contributed by atoms with E-state index in [0.717, 1.165) is 5.56 Å². The Hall–Kier alpha value is -3.43. The predicted molar refractivity (Wildman–Crippen MR) is 117 cm³/mol. The Morgan fingerprint density at radius 2 is 1.74 bits per heavy atom. The third-order valence-electron chi connectivity index (χ3n) is 4.26. The number of rotatable bonds is 9. The van der Waals surface area contributed by atoms with Crippen molar-refractivity contribution >= 4 is 21.6 Å². The summed E-state index contributed by atoms with van der Waals surface area (Å²) in [5.74, 6) is 0.218. The van der Waals surface area contributed by atoms with Crippen LogP contribution in [-0.2, 0) is 14.8 Å². The van der Waals surface area contributed by atoms with Gasteiger partial charge in [0.2, 0.25) is 5.88 Å². The number of sulfonamides is 1. The minimum atomic E-state index is -3.70. The van der Waals surface area contributed by atoms with Crippen LogP contribution in [0.25, 0.3) is 0 Å². The Kier molecular flexibility index (Phi) is 7.22. The van der Waals surface area contributed by atoms with E-state index in [4.69, 9.17) is 9.47 Å². The molecule has 0 aliphatic heterocycles. The van der Waals surface area contributed by atoms with E-state index in [1.165, 1.54) is 6.20 Å². The van der Waals surface area contributed by atoms with Crippen LogP contribution in [0, 0.1) is 6.92 Å². The second kappa shape index (κ2) is 10.1. The molecule has 2 N–H and O–H groups in total. The molecule has 3 rings (SSSR count). The average molecular weight is 442 g/mol. The summed E-state index contributed by atoms with van der Waals surface area (Å²) in [7, 11) is -2.15. The van der Waals surface area contributed by atoms with Gasteiger partial charge in [-0.3, -0.25) is 9.52 Å². The van der Waals surface area contributed by atoms with Gasteiger partial charge in [-0.25, -0.2) is 13.4 Å². The molecule has 0 aliphatic carbocycles. The van der Waals surface area contributed by atoms with Crippen LogP contribution in [0.2, 0.25) is 0 Å². The van der Waals surface area contributed by atoms with Gasteiger partial charge in [0.1, 0.15) is 11.3 Å². The van der Waals surface area contributed by atoms with Crippen molar-refractivity contribution < 1.29 is 22.7 Å². The lowest BCUT2D eigenvalue weighted by Gasteiger charge is -2.11. The molecule has 8 nitrogen and oxygen atoms in total. The number of pyridine rings is 1. The summed E-state index contributed by atoms with van der Waals surface area (Å²) in [6.45, 7) is 2.64. The SMILES string of the molecule is COCCNC(=O)c1cccnc1Oc1ccc(NS(=O)(=O)c2ccc(C)cc2)cc1. The van der Waals surface area contributed by atoms with Crippen molar-refractivity contribution in [2.75, 3.05) is 25.0 Å². The summed E-state index contributed by atoms with van der Waals surface area (Å²) in [6.07, 6.45) is 1.52. The van der Waals surface area contributed by atoms with Gasteiger partial charge in [-0.05, 0) is 55.5 Å². The van der Waals surface area contributed by atoms with Crippen LogP contribution in [-0.4, -0.2) is 39.6 Å². The van der Waals surface area contributed by atoms with Crippen molar-refractivity contribution in [2.24, 2.45) is 0 Å². The van der Waals surface area contributed by atoms with Crippen molar-refractivity contribution in [1.82, 2.24) is 10.3 Å². The summed E-state index contributed by atoms with van der Waals surface area (Å²) >= 11 is 0. The number of amides is 1. The zero-order chi connectivity index (χ0) is 22.3. The summed E-state index contributed by atoms with van der Waals surface area (Å²) < 4.78 is 38.2. The molecule has 0 saturated carbocycles. The molecule has 162 valence electrons. The van der Waals surface area contributed by atoms with E-state index in [2.05, 4.69) is 15.0 Å². The van der Waals surface area contributed by atoms with Crippen LogP contribution in [0.5, 0.6) is 11.6 Å². The molecule has 0 radical (unpaired) electrons. The number of nitrogens with one attached hydrogen (secondary N) is 2. The minimum absolute atomic E-state index is 0.144. The topological polar surface area (TPSA) is 107 Å². The van der Waals surface area contributed by atoms with Gasteiger partial charge in [-0.1, -0.05) is 17.7 Å². The number of nitrogens with zero attached hydrogens (tertiary/aromatic N) is 1. The summed E-state index contributed by atoms with van der Waals surface area (Å²) in [5, 5.41) is 2.72. The molecule has 0 spiro atoms. The standard InChI is InChI=1S/C22H23N3O5S/c1-16-5-11-19(12-6-16)31(27,28)25-17-7-9-18(10-8-17)30-22-20(4-3-13-24-22)21(26)23-14-15-29-2/h3-13,25H,14-15H2,1-2H3,(H,23,26). The molecule has 3 aromatic rings. The van der Waals surface area contributed by atoms with Gasteiger partial charge < -0.3 is 14.8 Å². The molecule has 0 bridgehead atoms. The predicted octanol–water partition coefficient (Wildman–Crippen LogP) is 3.36. The molecule has 2 aromatic carbocycles. The van der Waals surface area contributed by atoms with Crippen LogP contribution < -0.4 is 14.8 Å². The quantitative estimate of drug-likeness (QED) is 0.493. The fraction of sp³-hybridized carbons (Fsp3) is 0.182. The smallest absolute Gasteiger partial charge is 0.261 e. The number of anilines is 1. The highest BCUT2D eigenvalue weighted by Gasteiger charge is 2.15. The first-order valence-corrected chi connectivity index (χ1v) is 11.0. The number of methoxy groups -OCH3 is 1. The number of hydrogen-bond acceptors (Lipinski definition) is 6. The lowest BCUT2D eigenvalue weighted by atomic mass is 10.2. The summed E-state index contributed by atoms with van der Waals surface area (Å²) in [6, 6.07) is 16.1. The van der Waals surface area contributed by atoms with E-state index in [1.807, 2.05) is 6.92 Å². The lowest BCUT2D eigenvalue weighted by molar-refractivity contribution is 0.0934. The number of benzene rings is 2. The Morgan fingerprint density at radius 1 is 1.03 bits per heavy atom. The van der Waals surface area contributed by atoms with Crippen LogP contribution >= 0.6 is 0 Å². The Bertz CT molecular complexity index is 1130. The van der Waals surface area contributed by atoms with E-state index in [-0.39, 0.29) is 22.2 Å². The molecule has 0 aliphatic rings. The van der Waals surface area contributed by atoms with Crippen LogP contribution in [0.15, 0.2) is 71.8 Å². The van der Waals surface area contributed by atoms with Crippen molar-refractivity contribution in [1.29, 1.82) is 0 Å². The third kappa shape index (κ3) is 6.03. The molecule has 0 atom stereocenters. The highest BCUT2D eigenvalue weighted by atomic mass is 32.2. The van der Waals surface area contributed by atoms with Gasteiger partial charge in [-0.2, -0.15) is 0 Å². The number of carbonyl (C=O) groups is 1. The second-order valence-corrected chi connectivity index (χ2v) is 8.33. The minimum Gasteiger partial charge on any atom is -0.438 e. The molecular weight excluding hydrogens is 418 g/mol. The second-order valence-electron chi connectivity index (χ2n) is 6.65. The molecule has 31 heavy (non-hydrogen) atoms. The first kappa shape index (κ1) is 22.3. The molecule has 0 saturated heterocycles. The van der Waals surface area contributed by atoms with E-state index in [1.54, 1.807) is 67.8 Å². The van der Waals surface area contributed by atoms with Crippen molar-refractivity contribution in [3.8, 4) is 11.6 Å². The number of aromatic nitrogens is 1. The van der Waals surface area contributed by atoms with Gasteiger partial charge in [0, 0.05) is 25.5 Å². The van der Waals surface area contributed by atoms with Gasteiger partial charge in [-0.15, -0.1) is 0 Å². The summed E-state index contributed by atoms with van der Waals surface area (Å²) in [4.78, 5) is 16.6. The average Bonchev–Trinajstić information content (AvgIpc) is 2.76. The molecule has 1 heterocycles. The number of aryl methyl sites for hydroxylation is 1. The molecule has 1 aromatic heterocycles. The monoisotopic (exact) mass is 441 g/mol. The molecule has 1 amide bonds. The number of ether oxygens (including phenoxy) is 2. The van der Waals surface area contributed by atoms with E-state index < -0.39 is 10.0 Å². The normalized spacial score (nSPS) is 11.0. The number of hydrogen-bond donors (Lipinski definition) is 2. The van der Waals surface area contributed by atoms with Gasteiger partial charge in [0.15, 0.2) is 0 Å². The number of carbonyl (C=O) groups excluding carboxylic acids is 1.